The van der Waals surface area contributed by atoms with Crippen molar-refractivity contribution in [1.82, 2.24) is 4.90 Å². The molecule has 1 fully saturated rings. The Morgan fingerprint density at radius 2 is 1.84 bits per heavy atom. The molecule has 0 radical (unpaired) electrons. The molecule has 1 aliphatic rings. The van der Waals surface area contributed by atoms with Gasteiger partial charge in [0.25, 0.3) is 5.69 Å². The molecule has 2 aromatic rings. The summed E-state index contributed by atoms with van der Waals surface area (Å²) in [6, 6.07) is 12.7. The normalized spacial score (nSPS) is 14.0. The highest BCUT2D eigenvalue weighted by molar-refractivity contribution is 5.87. The van der Waals surface area contributed by atoms with E-state index in [1.807, 2.05) is 41.0 Å². The van der Waals surface area contributed by atoms with Crippen molar-refractivity contribution >= 4 is 29.3 Å². The zero-order valence-electron chi connectivity index (χ0n) is 17.6. The highest BCUT2D eigenvalue weighted by Crippen LogP contribution is 2.30. The van der Waals surface area contributed by atoms with E-state index in [4.69, 9.17) is 0 Å². The lowest BCUT2D eigenvalue weighted by atomic mass is 10.0. The van der Waals surface area contributed by atoms with Crippen molar-refractivity contribution in [1.29, 1.82) is 0 Å². The van der Waals surface area contributed by atoms with Gasteiger partial charge in [0.05, 0.1) is 18.5 Å². The first kappa shape index (κ1) is 22.0. The van der Waals surface area contributed by atoms with Crippen LogP contribution >= 0.6 is 0 Å². The van der Waals surface area contributed by atoms with Crippen LogP contribution in [0.2, 0.25) is 0 Å². The third-order valence-electron chi connectivity index (χ3n) is 5.39. The Morgan fingerprint density at radius 3 is 2.48 bits per heavy atom. The molecule has 0 unspecified atom stereocenters. The fraction of sp³-hybridized carbons (Fsp3) is 0.304. The molecular formula is C23H25N3O5. The van der Waals surface area contributed by atoms with Crippen LogP contribution in [0.25, 0.3) is 6.08 Å². The number of amides is 1. The average Bonchev–Trinajstić information content (AvgIpc) is 2.78. The lowest BCUT2D eigenvalue weighted by Gasteiger charge is -2.36. The van der Waals surface area contributed by atoms with E-state index in [9.17, 15) is 19.7 Å². The van der Waals surface area contributed by atoms with Crippen molar-refractivity contribution in [3.05, 3.63) is 75.3 Å². The van der Waals surface area contributed by atoms with E-state index in [0.29, 0.717) is 43.9 Å². The van der Waals surface area contributed by atoms with Gasteiger partial charge in [0.2, 0.25) is 5.91 Å². The molecule has 8 nitrogen and oxygen atoms in total. The maximum Gasteiger partial charge on any atom is 0.330 e. The van der Waals surface area contributed by atoms with Crippen molar-refractivity contribution in [2.75, 3.05) is 38.2 Å². The molecule has 31 heavy (non-hydrogen) atoms. The zero-order valence-corrected chi connectivity index (χ0v) is 17.6. The number of ether oxygens (including phenoxy) is 1. The molecule has 1 saturated heterocycles. The second kappa shape index (κ2) is 9.88. The molecular weight excluding hydrogens is 398 g/mol. The first-order valence-corrected chi connectivity index (χ1v) is 10.0. The summed E-state index contributed by atoms with van der Waals surface area (Å²) in [6.45, 7) is 4.02. The van der Waals surface area contributed by atoms with E-state index in [-0.39, 0.29) is 11.6 Å². The molecule has 3 rings (SSSR count). The minimum absolute atomic E-state index is 0.0355. The van der Waals surface area contributed by atoms with Crippen LogP contribution in [-0.2, 0) is 20.7 Å². The van der Waals surface area contributed by atoms with Gasteiger partial charge in [0, 0.05) is 38.3 Å². The molecule has 0 atom stereocenters. The van der Waals surface area contributed by atoms with Crippen LogP contribution in [0.5, 0.6) is 0 Å². The van der Waals surface area contributed by atoms with E-state index >= 15 is 0 Å². The van der Waals surface area contributed by atoms with Crippen LogP contribution in [0.15, 0.2) is 48.5 Å². The number of aryl methyl sites for hydroxylation is 1. The highest BCUT2D eigenvalue weighted by Gasteiger charge is 2.26. The Hall–Kier alpha value is -3.68. The zero-order chi connectivity index (χ0) is 22.4. The molecule has 0 aromatic heterocycles. The van der Waals surface area contributed by atoms with Gasteiger partial charge < -0.3 is 14.5 Å². The Labute approximate surface area is 180 Å². The van der Waals surface area contributed by atoms with Gasteiger partial charge in [-0.05, 0) is 35.8 Å². The maximum atomic E-state index is 12.7. The van der Waals surface area contributed by atoms with Crippen molar-refractivity contribution in [3.8, 4) is 0 Å². The van der Waals surface area contributed by atoms with E-state index < -0.39 is 10.9 Å². The number of carbonyl (C=O) groups excluding carboxylic acids is 2. The smallest absolute Gasteiger partial charge is 0.330 e. The Morgan fingerprint density at radius 1 is 1.13 bits per heavy atom. The van der Waals surface area contributed by atoms with Crippen LogP contribution in [-0.4, -0.2) is 55.0 Å². The summed E-state index contributed by atoms with van der Waals surface area (Å²) in [5.41, 5.74) is 3.11. The number of anilines is 1. The minimum atomic E-state index is -0.529. The minimum Gasteiger partial charge on any atom is -0.466 e. The number of methoxy groups -OCH3 is 1. The second-order valence-electron chi connectivity index (χ2n) is 7.33. The molecule has 8 heteroatoms. The quantitative estimate of drug-likeness (QED) is 0.307. The number of nitro benzene ring substituents is 1. The number of carbonyl (C=O) groups is 2. The molecule has 0 bridgehead atoms. The second-order valence-corrected chi connectivity index (χ2v) is 7.33. The van der Waals surface area contributed by atoms with Crippen molar-refractivity contribution in [3.63, 3.8) is 0 Å². The maximum absolute atomic E-state index is 12.7. The van der Waals surface area contributed by atoms with Crippen LogP contribution in [0, 0.1) is 17.0 Å². The van der Waals surface area contributed by atoms with Gasteiger partial charge in [-0.15, -0.1) is 0 Å². The van der Waals surface area contributed by atoms with Gasteiger partial charge in [-0.3, -0.25) is 14.9 Å². The van der Waals surface area contributed by atoms with Crippen LogP contribution in [0.3, 0.4) is 0 Å². The number of nitro groups is 1. The summed E-state index contributed by atoms with van der Waals surface area (Å²) in [6.07, 6.45) is 3.05. The average molecular weight is 423 g/mol. The first-order chi connectivity index (χ1) is 14.9. The number of benzene rings is 2. The Balaban J connectivity index is 1.67. The SMILES string of the molecule is COC(=O)/C=C/c1ccc(N2CCN(C(=O)Cc3ccccc3C)CC2)c([N+](=O)[O-])c1. The molecule has 0 saturated carbocycles. The van der Waals surface area contributed by atoms with Gasteiger partial charge in [-0.2, -0.15) is 0 Å². The van der Waals surface area contributed by atoms with E-state index in [0.717, 1.165) is 11.1 Å². The van der Waals surface area contributed by atoms with Gasteiger partial charge >= 0.3 is 5.97 Å². The third kappa shape index (κ3) is 5.48. The molecule has 1 heterocycles. The van der Waals surface area contributed by atoms with Crippen molar-refractivity contribution < 1.29 is 19.2 Å². The van der Waals surface area contributed by atoms with Crippen LogP contribution in [0.1, 0.15) is 16.7 Å². The summed E-state index contributed by atoms with van der Waals surface area (Å²) in [4.78, 5) is 38.9. The first-order valence-electron chi connectivity index (χ1n) is 10.0. The monoisotopic (exact) mass is 423 g/mol. The number of hydrogen-bond donors (Lipinski definition) is 0. The molecule has 0 aliphatic carbocycles. The lowest BCUT2D eigenvalue weighted by molar-refractivity contribution is -0.384. The lowest BCUT2D eigenvalue weighted by Crippen LogP contribution is -2.49. The molecule has 1 aliphatic heterocycles. The van der Waals surface area contributed by atoms with E-state index in [2.05, 4.69) is 4.74 Å². The van der Waals surface area contributed by atoms with Crippen molar-refractivity contribution in [2.24, 2.45) is 0 Å². The molecule has 0 spiro atoms. The summed E-state index contributed by atoms with van der Waals surface area (Å²) in [5, 5.41) is 11.6. The van der Waals surface area contributed by atoms with Gasteiger partial charge in [-0.1, -0.05) is 30.3 Å². The number of esters is 1. The van der Waals surface area contributed by atoms with Gasteiger partial charge in [0.15, 0.2) is 0 Å². The number of rotatable bonds is 6. The molecule has 0 N–H and O–H groups in total. The highest BCUT2D eigenvalue weighted by atomic mass is 16.6. The Bertz CT molecular complexity index is 1010. The number of nitrogens with zero attached hydrogens (tertiary/aromatic N) is 3. The topological polar surface area (TPSA) is 93.0 Å². The Kier molecular flexibility index (Phi) is 7.02. The fourth-order valence-electron chi connectivity index (χ4n) is 3.57. The third-order valence-corrected chi connectivity index (χ3v) is 5.39. The number of piperazine rings is 1. The summed E-state index contributed by atoms with van der Waals surface area (Å²) < 4.78 is 4.54. The van der Waals surface area contributed by atoms with E-state index in [1.54, 1.807) is 12.1 Å². The van der Waals surface area contributed by atoms with Gasteiger partial charge in [-0.25, -0.2) is 4.79 Å². The van der Waals surface area contributed by atoms with Crippen LogP contribution < -0.4 is 4.90 Å². The summed E-state index contributed by atoms with van der Waals surface area (Å²) in [7, 11) is 1.27. The largest absolute Gasteiger partial charge is 0.466 e. The predicted octanol–water partition coefficient (Wildman–Crippen LogP) is 2.98. The fourth-order valence-corrected chi connectivity index (χ4v) is 3.57. The molecule has 1 amide bonds. The summed E-state index contributed by atoms with van der Waals surface area (Å²) in [5.74, 6) is -0.468. The predicted molar refractivity (Wildman–Crippen MR) is 118 cm³/mol. The summed E-state index contributed by atoms with van der Waals surface area (Å²) >= 11 is 0. The van der Waals surface area contributed by atoms with Gasteiger partial charge in [0.1, 0.15) is 5.69 Å². The standard InChI is InChI=1S/C23H25N3O5/c1-17-5-3-4-6-19(17)16-22(27)25-13-11-24(12-14-25)20-9-7-18(8-10-23(28)31-2)15-21(20)26(29)30/h3-10,15H,11-14,16H2,1-2H3/b10-8+. The molecule has 162 valence electrons. The number of hydrogen-bond acceptors (Lipinski definition) is 6. The van der Waals surface area contributed by atoms with Crippen LogP contribution in [0.4, 0.5) is 11.4 Å². The molecule has 2 aromatic carbocycles. The van der Waals surface area contributed by atoms with E-state index in [1.165, 1.54) is 25.3 Å². The van der Waals surface area contributed by atoms with Crippen molar-refractivity contribution in [2.45, 2.75) is 13.3 Å².